The number of hydrogen-bond acceptors (Lipinski definition) is 3. The van der Waals surface area contributed by atoms with E-state index in [1.807, 2.05) is 26.0 Å². The van der Waals surface area contributed by atoms with E-state index in [0.29, 0.717) is 9.80 Å². The van der Waals surface area contributed by atoms with E-state index in [4.69, 9.17) is 0 Å². The molecule has 0 saturated heterocycles. The average molecular weight is 237 g/mol. The van der Waals surface area contributed by atoms with Gasteiger partial charge >= 0.3 is 0 Å². The maximum atomic E-state index is 12.2. The maximum Gasteiger partial charge on any atom is 0.204 e. The van der Waals surface area contributed by atoms with E-state index in [2.05, 4.69) is 5.32 Å². The van der Waals surface area contributed by atoms with Gasteiger partial charge in [0.05, 0.1) is 9.80 Å². The predicted octanol–water partition coefficient (Wildman–Crippen LogP) is 1.73. The first-order chi connectivity index (χ1) is 7.46. The van der Waals surface area contributed by atoms with Crippen LogP contribution < -0.4 is 5.32 Å². The van der Waals surface area contributed by atoms with Gasteiger partial charge in [0.15, 0.2) is 0 Å². The summed E-state index contributed by atoms with van der Waals surface area (Å²) in [5.74, 6) is 0. The minimum atomic E-state index is -3.28. The van der Waals surface area contributed by atoms with Gasteiger partial charge in [-0.1, -0.05) is 17.7 Å². The van der Waals surface area contributed by atoms with Crippen LogP contribution in [0.4, 0.5) is 0 Å². The van der Waals surface area contributed by atoms with Crippen molar-refractivity contribution in [1.29, 1.82) is 0 Å². The molecule has 1 aromatic rings. The quantitative estimate of drug-likeness (QED) is 0.852. The third-order valence-corrected chi connectivity index (χ3v) is 4.97. The Hall–Kier alpha value is -1.13. The lowest BCUT2D eigenvalue weighted by Crippen LogP contribution is -2.26. The van der Waals surface area contributed by atoms with Crippen molar-refractivity contribution in [2.75, 3.05) is 7.05 Å². The summed E-state index contributed by atoms with van der Waals surface area (Å²) in [5, 5.41) is 2.96. The molecule has 2 rings (SSSR count). The first-order valence-electron chi connectivity index (χ1n) is 5.21. The molecule has 1 aliphatic rings. The molecule has 0 fully saturated rings. The SMILES string of the molecule is CNC(C)C1=Cc2cc(C)ccc2S1(=O)=O. The Kier molecular flexibility index (Phi) is 2.64. The number of aryl methyl sites for hydroxylation is 1. The lowest BCUT2D eigenvalue weighted by Gasteiger charge is -2.11. The largest absolute Gasteiger partial charge is 0.313 e. The van der Waals surface area contributed by atoms with E-state index < -0.39 is 9.84 Å². The van der Waals surface area contributed by atoms with Crippen molar-refractivity contribution in [2.24, 2.45) is 0 Å². The minimum Gasteiger partial charge on any atom is -0.313 e. The summed E-state index contributed by atoms with van der Waals surface area (Å²) in [4.78, 5) is 0.880. The second-order valence-corrected chi connectivity index (χ2v) is 6.02. The lowest BCUT2D eigenvalue weighted by molar-refractivity contribution is 0.595. The van der Waals surface area contributed by atoms with Crippen molar-refractivity contribution in [3.8, 4) is 0 Å². The zero-order valence-corrected chi connectivity index (χ0v) is 10.4. The van der Waals surface area contributed by atoms with Gasteiger partial charge in [-0.05, 0) is 38.6 Å². The Morgan fingerprint density at radius 2 is 2.00 bits per heavy atom. The zero-order chi connectivity index (χ0) is 11.9. The summed E-state index contributed by atoms with van der Waals surface area (Å²) in [6.45, 7) is 3.81. The molecule has 0 aliphatic carbocycles. The van der Waals surface area contributed by atoms with E-state index >= 15 is 0 Å². The predicted molar refractivity (Wildman–Crippen MR) is 64.9 cm³/mol. The van der Waals surface area contributed by atoms with Crippen molar-refractivity contribution in [1.82, 2.24) is 5.32 Å². The van der Waals surface area contributed by atoms with E-state index in [0.717, 1.165) is 11.1 Å². The van der Waals surface area contributed by atoms with Gasteiger partial charge < -0.3 is 5.32 Å². The normalized spacial score (nSPS) is 19.1. The molecule has 1 unspecified atom stereocenters. The summed E-state index contributed by atoms with van der Waals surface area (Å²) in [6, 6.07) is 5.27. The number of benzene rings is 1. The second-order valence-electron chi connectivity index (χ2n) is 4.10. The number of fused-ring (bicyclic) bond motifs is 1. The van der Waals surface area contributed by atoms with E-state index in [1.165, 1.54) is 0 Å². The number of likely N-dealkylation sites (N-methyl/N-ethyl adjacent to an activating group) is 1. The Bertz CT molecular complexity index is 558. The first kappa shape index (κ1) is 11.4. The number of nitrogens with one attached hydrogen (secondary N) is 1. The second kappa shape index (κ2) is 3.71. The van der Waals surface area contributed by atoms with E-state index in [-0.39, 0.29) is 6.04 Å². The van der Waals surface area contributed by atoms with Crippen molar-refractivity contribution in [3.05, 3.63) is 34.2 Å². The number of sulfone groups is 1. The average Bonchev–Trinajstić information content (AvgIpc) is 2.49. The van der Waals surface area contributed by atoms with Crippen LogP contribution in [0.1, 0.15) is 18.1 Å². The van der Waals surface area contributed by atoms with Crippen LogP contribution in [0.5, 0.6) is 0 Å². The number of hydrogen-bond donors (Lipinski definition) is 1. The van der Waals surface area contributed by atoms with Crippen LogP contribution >= 0.6 is 0 Å². The van der Waals surface area contributed by atoms with E-state index in [9.17, 15) is 8.42 Å². The van der Waals surface area contributed by atoms with Gasteiger partial charge in [-0.3, -0.25) is 0 Å². The molecule has 1 aliphatic heterocycles. The molecule has 1 atom stereocenters. The fraction of sp³-hybridized carbons (Fsp3) is 0.333. The molecule has 3 nitrogen and oxygen atoms in total. The van der Waals surface area contributed by atoms with Crippen molar-refractivity contribution >= 4 is 15.9 Å². The van der Waals surface area contributed by atoms with Crippen molar-refractivity contribution < 1.29 is 8.42 Å². The Labute approximate surface area is 96.1 Å². The highest BCUT2D eigenvalue weighted by Crippen LogP contribution is 2.34. The number of rotatable bonds is 2. The van der Waals surface area contributed by atoms with E-state index in [1.54, 1.807) is 19.2 Å². The summed E-state index contributed by atoms with van der Waals surface area (Å²) in [5.41, 5.74) is 1.88. The minimum absolute atomic E-state index is 0.155. The van der Waals surface area contributed by atoms with Crippen LogP contribution in [-0.2, 0) is 9.84 Å². The third-order valence-electron chi connectivity index (χ3n) is 2.92. The molecule has 0 aromatic heterocycles. The molecule has 0 radical (unpaired) electrons. The van der Waals surface area contributed by atoms with Crippen LogP contribution in [0.15, 0.2) is 28.0 Å². The highest BCUT2D eigenvalue weighted by Gasteiger charge is 2.31. The molecule has 4 heteroatoms. The molecule has 0 amide bonds. The third kappa shape index (κ3) is 1.58. The first-order valence-corrected chi connectivity index (χ1v) is 6.69. The summed E-state index contributed by atoms with van der Waals surface area (Å²) >= 11 is 0. The molecule has 1 aromatic carbocycles. The fourth-order valence-electron chi connectivity index (χ4n) is 1.88. The molecule has 0 bridgehead atoms. The van der Waals surface area contributed by atoms with Crippen LogP contribution in [-0.4, -0.2) is 21.5 Å². The molecule has 1 N–H and O–H groups in total. The van der Waals surface area contributed by atoms with Gasteiger partial charge in [0.1, 0.15) is 0 Å². The molecule has 86 valence electrons. The van der Waals surface area contributed by atoms with Gasteiger partial charge in [0, 0.05) is 6.04 Å². The van der Waals surface area contributed by atoms with Crippen LogP contribution in [0, 0.1) is 6.92 Å². The van der Waals surface area contributed by atoms with Gasteiger partial charge in [0.25, 0.3) is 0 Å². The topological polar surface area (TPSA) is 46.2 Å². The molecule has 1 heterocycles. The summed E-state index contributed by atoms with van der Waals surface area (Å²) in [7, 11) is -1.52. The van der Waals surface area contributed by atoms with Gasteiger partial charge in [-0.2, -0.15) is 0 Å². The standard InChI is InChI=1S/C12H15NO2S/c1-8-4-5-11-10(6-8)7-12(9(2)13-3)16(11,14)15/h4-7,9,13H,1-3H3. The Morgan fingerprint density at radius 1 is 1.31 bits per heavy atom. The lowest BCUT2D eigenvalue weighted by atomic mass is 10.1. The highest BCUT2D eigenvalue weighted by molar-refractivity contribution is 7.96. The van der Waals surface area contributed by atoms with Gasteiger partial charge in [0.2, 0.25) is 9.84 Å². The summed E-state index contributed by atoms with van der Waals surface area (Å²) in [6.07, 6.45) is 1.76. The molecule has 16 heavy (non-hydrogen) atoms. The zero-order valence-electron chi connectivity index (χ0n) is 9.61. The molecule has 0 spiro atoms. The Balaban J connectivity index is 2.61. The summed E-state index contributed by atoms with van der Waals surface area (Å²) < 4.78 is 24.4. The van der Waals surface area contributed by atoms with Crippen LogP contribution in [0.2, 0.25) is 0 Å². The fourth-order valence-corrected chi connectivity index (χ4v) is 3.68. The van der Waals surface area contributed by atoms with Crippen molar-refractivity contribution in [3.63, 3.8) is 0 Å². The smallest absolute Gasteiger partial charge is 0.204 e. The maximum absolute atomic E-state index is 12.2. The Morgan fingerprint density at radius 3 is 2.62 bits per heavy atom. The monoisotopic (exact) mass is 237 g/mol. The highest BCUT2D eigenvalue weighted by atomic mass is 32.2. The molecular formula is C12H15NO2S. The van der Waals surface area contributed by atoms with Gasteiger partial charge in [-0.25, -0.2) is 8.42 Å². The van der Waals surface area contributed by atoms with Gasteiger partial charge in [-0.15, -0.1) is 0 Å². The van der Waals surface area contributed by atoms with Crippen LogP contribution in [0.25, 0.3) is 6.08 Å². The van der Waals surface area contributed by atoms with Crippen LogP contribution in [0.3, 0.4) is 0 Å². The molecular weight excluding hydrogens is 222 g/mol. The van der Waals surface area contributed by atoms with Crippen molar-refractivity contribution in [2.45, 2.75) is 24.8 Å². The molecule has 0 saturated carbocycles.